The molecule has 6 heteroatoms. The zero-order valence-electron chi connectivity index (χ0n) is 18.4. The molecule has 1 heterocycles. The molecule has 0 aliphatic carbocycles. The fraction of sp³-hybridized carbons (Fsp3) is 0.320. The third-order valence-electron chi connectivity index (χ3n) is 5.02. The normalized spacial score (nSPS) is 14.5. The second-order valence-electron chi connectivity index (χ2n) is 8.06. The molecule has 0 aromatic heterocycles. The summed E-state index contributed by atoms with van der Waals surface area (Å²) in [5.41, 5.74) is 3.10. The second-order valence-corrected chi connectivity index (χ2v) is 8.06. The maximum atomic E-state index is 13.0. The number of carbonyl (C=O) groups is 2. The smallest absolute Gasteiger partial charge is 0.308 e. The average molecular weight is 418 g/mol. The maximum Gasteiger partial charge on any atom is 0.308 e. The van der Waals surface area contributed by atoms with Gasteiger partial charge in [-0.3, -0.25) is 14.5 Å². The van der Waals surface area contributed by atoms with Gasteiger partial charge in [-0.15, -0.1) is 0 Å². The summed E-state index contributed by atoms with van der Waals surface area (Å²) in [7, 11) is 0. The Labute approximate surface area is 182 Å². The maximum absolute atomic E-state index is 13.0. The van der Waals surface area contributed by atoms with Crippen molar-refractivity contribution < 1.29 is 19.1 Å². The van der Waals surface area contributed by atoms with E-state index in [1.54, 1.807) is 24.3 Å². The molecule has 0 saturated carbocycles. The van der Waals surface area contributed by atoms with E-state index in [1.165, 1.54) is 11.8 Å². The monoisotopic (exact) mass is 418 g/mol. The zero-order chi connectivity index (χ0) is 22.7. The Morgan fingerprint density at radius 1 is 1.16 bits per heavy atom. The van der Waals surface area contributed by atoms with Crippen molar-refractivity contribution in [2.45, 2.75) is 46.5 Å². The van der Waals surface area contributed by atoms with Crippen LogP contribution in [0.5, 0.6) is 11.5 Å². The van der Waals surface area contributed by atoms with Crippen LogP contribution in [0.25, 0.3) is 6.08 Å². The first-order chi connectivity index (χ1) is 14.7. The Hall–Kier alpha value is -3.59. The van der Waals surface area contributed by atoms with Crippen molar-refractivity contribution in [2.24, 2.45) is 0 Å². The topological polar surface area (TPSA) is 79.6 Å². The zero-order valence-corrected chi connectivity index (χ0v) is 18.4. The molecule has 0 saturated heterocycles. The number of amides is 1. The number of rotatable bonds is 5. The van der Waals surface area contributed by atoms with Gasteiger partial charge >= 0.3 is 5.97 Å². The SMILES string of the molecule is CC(=O)Oc1c(C(C)C)cc(/C=C2/Oc3ccccc3N(CC#N)C2=O)cc1C(C)C. The summed E-state index contributed by atoms with van der Waals surface area (Å²) in [4.78, 5) is 26.1. The van der Waals surface area contributed by atoms with Crippen molar-refractivity contribution in [3.05, 3.63) is 58.8 Å². The minimum absolute atomic E-state index is 0.0730. The Bertz CT molecular complexity index is 1060. The molecule has 31 heavy (non-hydrogen) atoms. The fourth-order valence-electron chi connectivity index (χ4n) is 3.54. The summed E-state index contributed by atoms with van der Waals surface area (Å²) < 4.78 is 11.5. The van der Waals surface area contributed by atoms with Crippen LogP contribution in [-0.2, 0) is 9.59 Å². The molecule has 1 aliphatic heterocycles. The summed E-state index contributed by atoms with van der Waals surface area (Å²) in [6.45, 7) is 9.41. The lowest BCUT2D eigenvalue weighted by Gasteiger charge is -2.28. The molecule has 6 nitrogen and oxygen atoms in total. The number of esters is 1. The molecule has 1 amide bonds. The highest BCUT2D eigenvalue weighted by molar-refractivity contribution is 6.10. The first-order valence-electron chi connectivity index (χ1n) is 10.3. The predicted molar refractivity (Wildman–Crippen MR) is 119 cm³/mol. The lowest BCUT2D eigenvalue weighted by molar-refractivity contribution is -0.132. The van der Waals surface area contributed by atoms with Crippen molar-refractivity contribution in [3.63, 3.8) is 0 Å². The van der Waals surface area contributed by atoms with E-state index in [4.69, 9.17) is 9.47 Å². The Balaban J connectivity index is 2.14. The first-order valence-corrected chi connectivity index (χ1v) is 10.3. The third-order valence-corrected chi connectivity index (χ3v) is 5.02. The number of fused-ring (bicyclic) bond motifs is 1. The number of benzene rings is 2. The van der Waals surface area contributed by atoms with Gasteiger partial charge in [-0.05, 0) is 58.9 Å². The van der Waals surface area contributed by atoms with E-state index < -0.39 is 0 Å². The quantitative estimate of drug-likeness (QED) is 0.290. The van der Waals surface area contributed by atoms with Gasteiger partial charge in [0, 0.05) is 6.92 Å². The van der Waals surface area contributed by atoms with Crippen LogP contribution in [0.1, 0.15) is 63.1 Å². The van der Waals surface area contributed by atoms with Crippen molar-refractivity contribution in [3.8, 4) is 17.6 Å². The summed E-state index contributed by atoms with van der Waals surface area (Å²) in [6.07, 6.45) is 1.68. The van der Waals surface area contributed by atoms with Gasteiger partial charge in [-0.25, -0.2) is 0 Å². The molecule has 3 rings (SSSR count). The minimum atomic E-state index is -0.374. The molecule has 160 valence electrons. The Kier molecular flexibility index (Phi) is 6.45. The van der Waals surface area contributed by atoms with Crippen LogP contribution in [0.4, 0.5) is 5.69 Å². The van der Waals surface area contributed by atoms with Crippen LogP contribution in [0, 0.1) is 11.3 Å². The molecule has 2 aromatic carbocycles. The number of anilines is 1. The number of hydrogen-bond donors (Lipinski definition) is 0. The molecule has 0 unspecified atom stereocenters. The van der Waals surface area contributed by atoms with E-state index in [0.717, 1.165) is 16.7 Å². The molecular weight excluding hydrogens is 392 g/mol. The largest absolute Gasteiger partial charge is 0.449 e. The van der Waals surface area contributed by atoms with Crippen LogP contribution < -0.4 is 14.4 Å². The van der Waals surface area contributed by atoms with Crippen molar-refractivity contribution in [1.82, 2.24) is 0 Å². The van der Waals surface area contributed by atoms with Gasteiger partial charge < -0.3 is 9.47 Å². The number of para-hydroxylation sites is 2. The van der Waals surface area contributed by atoms with Crippen LogP contribution >= 0.6 is 0 Å². The Morgan fingerprint density at radius 3 is 2.32 bits per heavy atom. The van der Waals surface area contributed by atoms with E-state index in [0.29, 0.717) is 17.2 Å². The minimum Gasteiger partial charge on any atom is -0.449 e. The molecule has 0 bridgehead atoms. The highest BCUT2D eigenvalue weighted by atomic mass is 16.5. The second kappa shape index (κ2) is 9.05. The fourth-order valence-corrected chi connectivity index (χ4v) is 3.54. The van der Waals surface area contributed by atoms with Gasteiger partial charge in [0.2, 0.25) is 0 Å². The van der Waals surface area contributed by atoms with E-state index in [2.05, 4.69) is 0 Å². The molecule has 0 atom stereocenters. The van der Waals surface area contributed by atoms with Gasteiger partial charge in [0.1, 0.15) is 12.3 Å². The summed E-state index contributed by atoms with van der Waals surface area (Å²) >= 11 is 0. The summed E-state index contributed by atoms with van der Waals surface area (Å²) in [6, 6.07) is 13.0. The van der Waals surface area contributed by atoms with Crippen molar-refractivity contribution in [2.75, 3.05) is 11.4 Å². The van der Waals surface area contributed by atoms with E-state index >= 15 is 0 Å². The van der Waals surface area contributed by atoms with Crippen LogP contribution in [0.2, 0.25) is 0 Å². The number of nitriles is 1. The van der Waals surface area contributed by atoms with Crippen molar-refractivity contribution in [1.29, 1.82) is 5.26 Å². The van der Waals surface area contributed by atoms with Gasteiger partial charge in [-0.1, -0.05) is 39.8 Å². The van der Waals surface area contributed by atoms with Crippen LogP contribution in [0.3, 0.4) is 0 Å². The van der Waals surface area contributed by atoms with E-state index in [1.807, 2.05) is 52.0 Å². The Morgan fingerprint density at radius 2 is 1.77 bits per heavy atom. The predicted octanol–water partition coefficient (Wildman–Crippen LogP) is 5.15. The van der Waals surface area contributed by atoms with Crippen molar-refractivity contribution >= 4 is 23.6 Å². The molecule has 1 aliphatic rings. The molecule has 0 spiro atoms. The number of hydrogen-bond acceptors (Lipinski definition) is 5. The van der Waals surface area contributed by atoms with Gasteiger partial charge in [-0.2, -0.15) is 5.26 Å². The van der Waals surface area contributed by atoms with Crippen LogP contribution in [-0.4, -0.2) is 18.4 Å². The number of carbonyl (C=O) groups excluding carboxylic acids is 2. The number of nitrogens with zero attached hydrogens (tertiary/aromatic N) is 2. The first kappa shape index (κ1) is 22.1. The molecule has 0 N–H and O–H groups in total. The molecule has 0 radical (unpaired) electrons. The third kappa shape index (κ3) is 4.61. The van der Waals surface area contributed by atoms with Crippen LogP contribution in [0.15, 0.2) is 42.2 Å². The lowest BCUT2D eigenvalue weighted by atomic mass is 9.91. The van der Waals surface area contributed by atoms with Gasteiger partial charge in [0.05, 0.1) is 11.8 Å². The molecule has 0 fully saturated rings. The number of ether oxygens (including phenoxy) is 2. The average Bonchev–Trinajstić information content (AvgIpc) is 2.71. The summed E-state index contributed by atoms with van der Waals surface area (Å²) in [5.74, 6) is 0.692. The van der Waals surface area contributed by atoms with Gasteiger partial charge in [0.15, 0.2) is 11.5 Å². The summed E-state index contributed by atoms with van der Waals surface area (Å²) in [5, 5.41) is 9.19. The standard InChI is InChI=1S/C25H26N2O4/c1-15(2)19-12-18(13-20(16(3)4)24(19)30-17(5)28)14-23-25(29)27(11-10-26)21-8-6-7-9-22(21)31-23/h6-9,12-16H,11H2,1-5H3/b23-14+. The lowest BCUT2D eigenvalue weighted by Crippen LogP contribution is -2.37. The highest BCUT2D eigenvalue weighted by Crippen LogP contribution is 2.38. The van der Waals surface area contributed by atoms with Gasteiger partial charge in [0.25, 0.3) is 5.91 Å². The molecule has 2 aromatic rings. The molecular formula is C25H26N2O4. The highest BCUT2D eigenvalue weighted by Gasteiger charge is 2.30. The van der Waals surface area contributed by atoms with E-state index in [-0.39, 0.29) is 36.0 Å². The van der Waals surface area contributed by atoms with E-state index in [9.17, 15) is 14.9 Å².